The molecule has 6 heteroatoms. The van der Waals surface area contributed by atoms with Gasteiger partial charge in [0.2, 0.25) is 5.91 Å². The molecule has 1 saturated heterocycles. The molecule has 2 rings (SSSR count). The van der Waals surface area contributed by atoms with Gasteiger partial charge in [-0.2, -0.15) is 0 Å². The van der Waals surface area contributed by atoms with E-state index in [2.05, 4.69) is 5.32 Å². The van der Waals surface area contributed by atoms with E-state index in [1.54, 1.807) is 0 Å². The lowest BCUT2D eigenvalue weighted by atomic mass is 9.91. The van der Waals surface area contributed by atoms with E-state index in [4.69, 9.17) is 10.5 Å². The maximum atomic E-state index is 12.3. The Kier molecular flexibility index (Phi) is 4.42. The van der Waals surface area contributed by atoms with Gasteiger partial charge in [-0.1, -0.05) is 19.3 Å². The number of ether oxygens (including phenoxy) is 1. The van der Waals surface area contributed by atoms with Gasteiger partial charge >= 0.3 is 5.97 Å². The molecular formula is C13H22N2O4. The summed E-state index contributed by atoms with van der Waals surface area (Å²) in [6.45, 7) is 0.402. The number of hydrogen-bond donors (Lipinski definition) is 3. The zero-order chi connectivity index (χ0) is 13.9. The van der Waals surface area contributed by atoms with Crippen molar-refractivity contribution < 1.29 is 19.4 Å². The summed E-state index contributed by atoms with van der Waals surface area (Å²) in [4.78, 5) is 23.7. The summed E-state index contributed by atoms with van der Waals surface area (Å²) in [6.07, 6.45) is 4.99. The minimum absolute atomic E-state index is 0.0377. The highest BCUT2D eigenvalue weighted by atomic mass is 16.5. The largest absolute Gasteiger partial charge is 0.479 e. The third kappa shape index (κ3) is 3.06. The van der Waals surface area contributed by atoms with Crippen LogP contribution < -0.4 is 11.1 Å². The Morgan fingerprint density at radius 3 is 2.63 bits per heavy atom. The zero-order valence-corrected chi connectivity index (χ0v) is 11.1. The van der Waals surface area contributed by atoms with Gasteiger partial charge in [-0.25, -0.2) is 4.79 Å². The third-order valence-corrected chi connectivity index (χ3v) is 4.20. The summed E-state index contributed by atoms with van der Waals surface area (Å²) in [5, 5.41) is 12.0. The van der Waals surface area contributed by atoms with Gasteiger partial charge in [-0.15, -0.1) is 0 Å². The molecule has 3 unspecified atom stereocenters. The molecule has 0 aromatic carbocycles. The Balaban J connectivity index is 2.04. The molecule has 0 spiro atoms. The summed E-state index contributed by atoms with van der Waals surface area (Å²) < 4.78 is 5.13. The van der Waals surface area contributed by atoms with Crippen LogP contribution >= 0.6 is 0 Å². The van der Waals surface area contributed by atoms with E-state index >= 15 is 0 Å². The van der Waals surface area contributed by atoms with Crippen molar-refractivity contribution in [2.45, 2.75) is 50.1 Å². The van der Waals surface area contributed by atoms with E-state index in [0.717, 1.165) is 32.1 Å². The van der Waals surface area contributed by atoms with Crippen molar-refractivity contribution in [1.82, 2.24) is 5.32 Å². The monoisotopic (exact) mass is 270 g/mol. The molecule has 1 aliphatic carbocycles. The normalized spacial score (nSPS) is 35.6. The SMILES string of the molecule is NC1CCCCCC1C(=O)NC1(C(=O)O)CCOC1. The number of carbonyl (C=O) groups is 2. The van der Waals surface area contributed by atoms with Gasteiger partial charge in [0.15, 0.2) is 5.54 Å². The molecule has 0 aromatic heterocycles. The van der Waals surface area contributed by atoms with Crippen molar-refractivity contribution in [2.75, 3.05) is 13.2 Å². The molecule has 3 atom stereocenters. The maximum Gasteiger partial charge on any atom is 0.331 e. The molecule has 1 heterocycles. The van der Waals surface area contributed by atoms with Crippen LogP contribution in [0, 0.1) is 5.92 Å². The van der Waals surface area contributed by atoms with Gasteiger partial charge in [0.05, 0.1) is 12.5 Å². The second-order valence-corrected chi connectivity index (χ2v) is 5.59. The molecule has 1 aliphatic heterocycles. The first-order chi connectivity index (χ1) is 9.05. The van der Waals surface area contributed by atoms with Gasteiger partial charge in [-0.3, -0.25) is 4.79 Å². The van der Waals surface area contributed by atoms with Crippen LogP contribution in [0.25, 0.3) is 0 Å². The van der Waals surface area contributed by atoms with Crippen LogP contribution in [0.4, 0.5) is 0 Å². The number of carbonyl (C=O) groups excluding carboxylic acids is 1. The Labute approximate surface area is 112 Å². The highest BCUT2D eigenvalue weighted by molar-refractivity contribution is 5.88. The third-order valence-electron chi connectivity index (χ3n) is 4.20. The summed E-state index contributed by atoms with van der Waals surface area (Å²) in [5.41, 5.74) is 4.77. The Hall–Kier alpha value is -1.14. The molecule has 108 valence electrons. The van der Waals surface area contributed by atoms with Crippen LogP contribution in [-0.4, -0.2) is 41.8 Å². The van der Waals surface area contributed by atoms with Crippen LogP contribution in [0.3, 0.4) is 0 Å². The number of carboxylic acid groups (broad SMARTS) is 1. The first-order valence-corrected chi connectivity index (χ1v) is 6.94. The highest BCUT2D eigenvalue weighted by Gasteiger charge is 2.45. The minimum Gasteiger partial charge on any atom is -0.479 e. The maximum absolute atomic E-state index is 12.3. The van der Waals surface area contributed by atoms with Crippen LogP contribution in [0.1, 0.15) is 38.5 Å². The molecule has 0 bridgehead atoms. The van der Waals surface area contributed by atoms with Crippen LogP contribution in [0.15, 0.2) is 0 Å². The van der Waals surface area contributed by atoms with Gasteiger partial charge in [-0.05, 0) is 12.8 Å². The van der Waals surface area contributed by atoms with Crippen molar-refractivity contribution in [3.8, 4) is 0 Å². The van der Waals surface area contributed by atoms with Crippen LogP contribution in [-0.2, 0) is 14.3 Å². The number of carboxylic acids is 1. The van der Waals surface area contributed by atoms with E-state index in [-0.39, 0.29) is 24.5 Å². The van der Waals surface area contributed by atoms with Gasteiger partial charge < -0.3 is 20.9 Å². The molecule has 6 nitrogen and oxygen atoms in total. The fraction of sp³-hybridized carbons (Fsp3) is 0.846. The van der Waals surface area contributed by atoms with Crippen LogP contribution in [0.2, 0.25) is 0 Å². The number of hydrogen-bond acceptors (Lipinski definition) is 4. The van der Waals surface area contributed by atoms with E-state index in [0.29, 0.717) is 13.0 Å². The summed E-state index contributed by atoms with van der Waals surface area (Å²) in [7, 11) is 0. The first-order valence-electron chi connectivity index (χ1n) is 6.94. The zero-order valence-electron chi connectivity index (χ0n) is 11.1. The minimum atomic E-state index is -1.26. The lowest BCUT2D eigenvalue weighted by Crippen LogP contribution is -2.58. The standard InChI is InChI=1S/C13H22N2O4/c14-10-5-3-1-2-4-9(10)11(16)15-13(12(17)18)6-7-19-8-13/h9-10H,1-8,14H2,(H,15,16)(H,17,18). The predicted molar refractivity (Wildman–Crippen MR) is 68.5 cm³/mol. The van der Waals surface area contributed by atoms with Gasteiger partial charge in [0.25, 0.3) is 0 Å². The lowest BCUT2D eigenvalue weighted by Gasteiger charge is -2.28. The smallest absolute Gasteiger partial charge is 0.331 e. The summed E-state index contributed by atoms with van der Waals surface area (Å²) >= 11 is 0. The fourth-order valence-electron chi connectivity index (χ4n) is 2.88. The Bertz CT molecular complexity index is 353. The van der Waals surface area contributed by atoms with Crippen LogP contribution in [0.5, 0.6) is 0 Å². The average molecular weight is 270 g/mol. The second kappa shape index (κ2) is 5.88. The second-order valence-electron chi connectivity index (χ2n) is 5.59. The van der Waals surface area contributed by atoms with Crippen molar-refractivity contribution in [3.05, 3.63) is 0 Å². The van der Waals surface area contributed by atoms with Crippen molar-refractivity contribution in [3.63, 3.8) is 0 Å². The van der Waals surface area contributed by atoms with Gasteiger partial charge in [0.1, 0.15) is 0 Å². The molecule has 0 aromatic rings. The highest BCUT2D eigenvalue weighted by Crippen LogP contribution is 2.25. The number of aliphatic carboxylic acids is 1. The van der Waals surface area contributed by atoms with E-state index in [9.17, 15) is 14.7 Å². The number of nitrogens with two attached hydrogens (primary N) is 1. The van der Waals surface area contributed by atoms with E-state index in [1.807, 2.05) is 0 Å². The van der Waals surface area contributed by atoms with E-state index in [1.165, 1.54) is 0 Å². The Morgan fingerprint density at radius 1 is 1.26 bits per heavy atom. The first kappa shape index (κ1) is 14.3. The summed E-state index contributed by atoms with van der Waals surface area (Å²) in [5.74, 6) is -1.54. The fourth-order valence-corrected chi connectivity index (χ4v) is 2.88. The predicted octanol–water partition coefficient (Wildman–Crippen LogP) is 0.254. The number of rotatable bonds is 3. The quantitative estimate of drug-likeness (QED) is 0.638. The summed E-state index contributed by atoms with van der Waals surface area (Å²) in [6, 6.07) is -0.171. The lowest BCUT2D eigenvalue weighted by molar-refractivity contribution is -0.148. The average Bonchev–Trinajstić information content (AvgIpc) is 2.72. The van der Waals surface area contributed by atoms with Crippen molar-refractivity contribution in [1.29, 1.82) is 0 Å². The molecule has 2 aliphatic rings. The van der Waals surface area contributed by atoms with Gasteiger partial charge in [0, 0.05) is 19.1 Å². The molecule has 19 heavy (non-hydrogen) atoms. The molecule has 1 amide bonds. The molecular weight excluding hydrogens is 248 g/mol. The number of amides is 1. The topological polar surface area (TPSA) is 102 Å². The van der Waals surface area contributed by atoms with Crippen molar-refractivity contribution >= 4 is 11.9 Å². The molecule has 4 N–H and O–H groups in total. The van der Waals surface area contributed by atoms with Crippen molar-refractivity contribution in [2.24, 2.45) is 11.7 Å². The van der Waals surface area contributed by atoms with E-state index < -0.39 is 11.5 Å². The molecule has 0 radical (unpaired) electrons. The number of nitrogens with one attached hydrogen (secondary N) is 1. The molecule has 1 saturated carbocycles. The molecule has 2 fully saturated rings. The Morgan fingerprint density at radius 2 is 2.00 bits per heavy atom.